The summed E-state index contributed by atoms with van der Waals surface area (Å²) in [4.78, 5) is 13.9. The summed E-state index contributed by atoms with van der Waals surface area (Å²) in [5.74, 6) is -0.200. The van der Waals surface area contributed by atoms with E-state index in [1.807, 2.05) is 23.6 Å². The molecule has 0 radical (unpaired) electrons. The van der Waals surface area contributed by atoms with Gasteiger partial charge in [0, 0.05) is 24.6 Å². The van der Waals surface area contributed by atoms with E-state index < -0.39 is 11.7 Å². The van der Waals surface area contributed by atoms with Gasteiger partial charge >= 0.3 is 6.18 Å². The van der Waals surface area contributed by atoms with Crippen molar-refractivity contribution in [1.82, 2.24) is 9.88 Å². The zero-order valence-electron chi connectivity index (χ0n) is 15.9. The second-order valence-corrected chi connectivity index (χ2v) is 8.55. The van der Waals surface area contributed by atoms with Crippen LogP contribution in [-0.4, -0.2) is 29.7 Å². The van der Waals surface area contributed by atoms with Crippen LogP contribution >= 0.6 is 11.3 Å². The van der Waals surface area contributed by atoms with Crippen molar-refractivity contribution in [2.75, 3.05) is 13.2 Å². The van der Waals surface area contributed by atoms with Crippen LogP contribution in [0, 0.1) is 6.92 Å². The van der Waals surface area contributed by atoms with Crippen molar-refractivity contribution in [3.05, 3.63) is 58.1 Å². The van der Waals surface area contributed by atoms with Gasteiger partial charge in [-0.25, -0.2) is 0 Å². The number of halogens is 3. The molecule has 1 aliphatic rings. The molecule has 1 N–H and O–H groups in total. The summed E-state index contributed by atoms with van der Waals surface area (Å²) in [7, 11) is 0. The van der Waals surface area contributed by atoms with Gasteiger partial charge in [-0.1, -0.05) is 12.1 Å². The van der Waals surface area contributed by atoms with E-state index in [1.54, 1.807) is 11.3 Å². The summed E-state index contributed by atoms with van der Waals surface area (Å²) in [6.45, 7) is 3.49. The zero-order chi connectivity index (χ0) is 20.6. The number of alkyl halides is 3. The normalized spacial score (nSPS) is 17.2. The first-order valence-electron chi connectivity index (χ1n) is 9.47. The maximum Gasteiger partial charge on any atom is 0.416 e. The molecule has 4 rings (SSSR count). The van der Waals surface area contributed by atoms with Gasteiger partial charge in [0.05, 0.1) is 21.9 Å². The Hall–Kier alpha value is -2.32. The molecule has 154 valence electrons. The van der Waals surface area contributed by atoms with E-state index in [4.69, 9.17) is 4.74 Å². The number of fused-ring (bicyclic) bond motifs is 1. The lowest BCUT2D eigenvalue weighted by Crippen LogP contribution is -2.33. The van der Waals surface area contributed by atoms with Gasteiger partial charge in [0.25, 0.3) is 5.91 Å². The average molecular weight is 422 g/mol. The van der Waals surface area contributed by atoms with Crippen molar-refractivity contribution >= 4 is 27.5 Å². The number of nitrogens with zero attached hydrogens (tertiary/aromatic N) is 1. The maximum absolute atomic E-state index is 12.8. The van der Waals surface area contributed by atoms with Crippen LogP contribution in [0.3, 0.4) is 0 Å². The SMILES string of the molecule is Cc1cc2c(cc(C(=O)NC[C@@H]3CCCO3)n2Cc2ccc(C(F)(F)F)cc2)s1. The number of aryl methyl sites for hydroxylation is 1. The fourth-order valence-electron chi connectivity index (χ4n) is 3.61. The van der Waals surface area contributed by atoms with Crippen molar-refractivity contribution in [2.45, 2.75) is 38.6 Å². The molecule has 4 nitrogen and oxygen atoms in total. The molecule has 0 spiro atoms. The number of hydrogen-bond acceptors (Lipinski definition) is 3. The van der Waals surface area contributed by atoms with Gasteiger partial charge in [-0.15, -0.1) is 11.3 Å². The molecule has 1 saturated heterocycles. The molecule has 1 fully saturated rings. The Kier molecular flexibility index (Phi) is 5.40. The third-order valence-electron chi connectivity index (χ3n) is 5.08. The number of hydrogen-bond donors (Lipinski definition) is 1. The van der Waals surface area contributed by atoms with E-state index in [1.165, 1.54) is 12.1 Å². The van der Waals surface area contributed by atoms with Gasteiger partial charge in [0.1, 0.15) is 5.69 Å². The number of carbonyl (C=O) groups is 1. The highest BCUT2D eigenvalue weighted by molar-refractivity contribution is 7.19. The van der Waals surface area contributed by atoms with Crippen LogP contribution in [0.25, 0.3) is 10.2 Å². The molecular weight excluding hydrogens is 401 g/mol. The Bertz CT molecular complexity index is 1020. The molecule has 1 atom stereocenters. The highest BCUT2D eigenvalue weighted by Crippen LogP contribution is 2.31. The van der Waals surface area contributed by atoms with E-state index in [9.17, 15) is 18.0 Å². The van der Waals surface area contributed by atoms with E-state index in [-0.39, 0.29) is 12.0 Å². The number of amides is 1. The number of carbonyl (C=O) groups excluding carboxylic acids is 1. The van der Waals surface area contributed by atoms with Crippen LogP contribution < -0.4 is 5.32 Å². The van der Waals surface area contributed by atoms with Crippen LogP contribution in [-0.2, 0) is 17.5 Å². The molecule has 2 aromatic heterocycles. The van der Waals surface area contributed by atoms with Gasteiger partial charge in [-0.05, 0) is 49.6 Å². The van der Waals surface area contributed by atoms with Crippen LogP contribution in [0.15, 0.2) is 36.4 Å². The predicted octanol–water partition coefficient (Wildman–Crippen LogP) is 4.99. The average Bonchev–Trinajstić information content (AvgIpc) is 3.37. The summed E-state index contributed by atoms with van der Waals surface area (Å²) in [5, 5.41) is 2.93. The maximum atomic E-state index is 12.8. The van der Waals surface area contributed by atoms with Crippen LogP contribution in [0.4, 0.5) is 13.2 Å². The Labute approximate surface area is 170 Å². The topological polar surface area (TPSA) is 43.3 Å². The molecule has 0 saturated carbocycles. The quantitative estimate of drug-likeness (QED) is 0.630. The van der Waals surface area contributed by atoms with Crippen molar-refractivity contribution in [3.63, 3.8) is 0 Å². The van der Waals surface area contributed by atoms with Crippen molar-refractivity contribution in [3.8, 4) is 0 Å². The minimum atomic E-state index is -4.36. The Morgan fingerprint density at radius 1 is 1.28 bits per heavy atom. The first kappa shape index (κ1) is 20.0. The predicted molar refractivity (Wildman–Crippen MR) is 106 cm³/mol. The molecule has 8 heteroatoms. The Morgan fingerprint density at radius 3 is 2.69 bits per heavy atom. The highest BCUT2D eigenvalue weighted by atomic mass is 32.1. The van der Waals surface area contributed by atoms with E-state index in [0.717, 1.165) is 46.7 Å². The number of thiophene rings is 1. The molecule has 3 heterocycles. The number of ether oxygens (including phenoxy) is 1. The van der Waals surface area contributed by atoms with Gasteiger partial charge in [0.2, 0.25) is 0 Å². The molecule has 1 aliphatic heterocycles. The van der Waals surface area contributed by atoms with E-state index in [0.29, 0.717) is 24.3 Å². The van der Waals surface area contributed by atoms with Crippen LogP contribution in [0.2, 0.25) is 0 Å². The summed E-state index contributed by atoms with van der Waals surface area (Å²) in [6, 6.07) is 8.92. The van der Waals surface area contributed by atoms with Crippen molar-refractivity contribution in [1.29, 1.82) is 0 Å². The Balaban J connectivity index is 1.59. The van der Waals surface area contributed by atoms with Gasteiger partial charge in [-0.2, -0.15) is 13.2 Å². The molecule has 0 aliphatic carbocycles. The molecule has 0 bridgehead atoms. The fraction of sp³-hybridized carbons (Fsp3) is 0.381. The highest BCUT2D eigenvalue weighted by Gasteiger charge is 2.30. The minimum absolute atomic E-state index is 0.0423. The molecule has 1 aromatic carbocycles. The standard InChI is InChI=1S/C21H21F3N2O2S/c1-13-9-17-19(29-13)10-18(20(27)25-11-16-3-2-8-28-16)26(17)12-14-4-6-15(7-5-14)21(22,23)24/h4-7,9-10,16H,2-3,8,11-12H2,1H3,(H,25,27)/t16-/m0/s1. The largest absolute Gasteiger partial charge is 0.416 e. The second kappa shape index (κ2) is 7.84. The van der Waals surface area contributed by atoms with Crippen molar-refractivity contribution < 1.29 is 22.7 Å². The summed E-state index contributed by atoms with van der Waals surface area (Å²) >= 11 is 1.59. The number of benzene rings is 1. The van der Waals surface area contributed by atoms with Gasteiger partial charge < -0.3 is 14.6 Å². The van der Waals surface area contributed by atoms with Crippen LogP contribution in [0.5, 0.6) is 0 Å². The number of rotatable bonds is 5. The van der Waals surface area contributed by atoms with Crippen molar-refractivity contribution in [2.24, 2.45) is 0 Å². The van der Waals surface area contributed by atoms with Crippen LogP contribution in [0.1, 0.15) is 39.3 Å². The molecular formula is C21H21F3N2O2S. The lowest BCUT2D eigenvalue weighted by atomic mass is 10.1. The number of aromatic nitrogens is 1. The molecule has 1 amide bonds. The van der Waals surface area contributed by atoms with Gasteiger partial charge in [-0.3, -0.25) is 4.79 Å². The van der Waals surface area contributed by atoms with E-state index in [2.05, 4.69) is 5.32 Å². The molecule has 0 unspecified atom stereocenters. The summed E-state index contributed by atoms with van der Waals surface area (Å²) < 4.78 is 46.9. The second-order valence-electron chi connectivity index (χ2n) is 7.26. The van der Waals surface area contributed by atoms with E-state index >= 15 is 0 Å². The monoisotopic (exact) mass is 422 g/mol. The summed E-state index contributed by atoms with van der Waals surface area (Å²) in [6.07, 6.45) is -2.39. The molecule has 3 aromatic rings. The van der Waals surface area contributed by atoms with Gasteiger partial charge in [0.15, 0.2) is 0 Å². The first-order valence-corrected chi connectivity index (χ1v) is 10.3. The minimum Gasteiger partial charge on any atom is -0.376 e. The third kappa shape index (κ3) is 4.33. The smallest absolute Gasteiger partial charge is 0.376 e. The first-order chi connectivity index (χ1) is 13.8. The lowest BCUT2D eigenvalue weighted by molar-refractivity contribution is -0.137. The molecule has 29 heavy (non-hydrogen) atoms. The lowest BCUT2D eigenvalue weighted by Gasteiger charge is -2.14. The third-order valence-corrected chi connectivity index (χ3v) is 6.07. The summed E-state index contributed by atoms with van der Waals surface area (Å²) in [5.41, 5.74) is 1.44. The fourth-order valence-corrected chi connectivity index (χ4v) is 4.57. The number of nitrogens with one attached hydrogen (secondary N) is 1. The Morgan fingerprint density at radius 2 is 2.03 bits per heavy atom. The zero-order valence-corrected chi connectivity index (χ0v) is 16.7.